The lowest BCUT2D eigenvalue weighted by molar-refractivity contribution is -0.163. The maximum atomic E-state index is 12.6. The summed E-state index contributed by atoms with van der Waals surface area (Å²) in [6.07, 6.45) is -1.55. The van der Waals surface area contributed by atoms with Crippen LogP contribution in [-0.2, 0) is 4.79 Å². The lowest BCUT2D eigenvalue weighted by Gasteiger charge is -2.15. The first-order valence-corrected chi connectivity index (χ1v) is 4.23. The second-order valence-electron chi connectivity index (χ2n) is 3.07. The van der Waals surface area contributed by atoms with Gasteiger partial charge < -0.3 is 5.32 Å². The van der Waals surface area contributed by atoms with Crippen LogP contribution < -0.4 is 5.32 Å². The van der Waals surface area contributed by atoms with Crippen molar-refractivity contribution in [3.05, 3.63) is 24.0 Å². The van der Waals surface area contributed by atoms with Gasteiger partial charge in [-0.1, -0.05) is 0 Å². The van der Waals surface area contributed by atoms with Crippen LogP contribution in [0.15, 0.2) is 18.5 Å². The van der Waals surface area contributed by atoms with E-state index in [1.165, 1.54) is 19.2 Å². The Kier molecular flexibility index (Phi) is 3.46. The molecule has 1 heterocycles. The SMILES string of the molecule is Cc1ccncc1NC(=O)C(F)(F)C(F)F. The second kappa shape index (κ2) is 4.46. The van der Waals surface area contributed by atoms with Crippen molar-refractivity contribution < 1.29 is 22.4 Å². The number of amides is 1. The molecule has 0 aromatic carbocycles. The number of alkyl halides is 4. The summed E-state index contributed by atoms with van der Waals surface area (Å²) >= 11 is 0. The molecule has 0 atom stereocenters. The first-order valence-electron chi connectivity index (χ1n) is 4.23. The fraction of sp³-hybridized carbons (Fsp3) is 0.333. The van der Waals surface area contributed by atoms with E-state index in [1.54, 1.807) is 5.32 Å². The molecule has 0 aliphatic heterocycles. The van der Waals surface area contributed by atoms with E-state index in [-0.39, 0.29) is 5.69 Å². The number of nitrogens with zero attached hydrogens (tertiary/aromatic N) is 1. The summed E-state index contributed by atoms with van der Waals surface area (Å²) in [6.45, 7) is 1.53. The van der Waals surface area contributed by atoms with Gasteiger partial charge in [-0.3, -0.25) is 9.78 Å². The maximum Gasteiger partial charge on any atom is 0.383 e. The van der Waals surface area contributed by atoms with Crippen molar-refractivity contribution in [3.8, 4) is 0 Å². The number of hydrogen-bond acceptors (Lipinski definition) is 2. The molecule has 0 aliphatic carbocycles. The summed E-state index contributed by atoms with van der Waals surface area (Å²) in [4.78, 5) is 14.4. The smallest absolute Gasteiger partial charge is 0.319 e. The summed E-state index contributed by atoms with van der Waals surface area (Å²) < 4.78 is 48.8. The summed E-state index contributed by atoms with van der Waals surface area (Å²) in [6, 6.07) is 1.45. The highest BCUT2D eigenvalue weighted by molar-refractivity contribution is 5.96. The minimum Gasteiger partial charge on any atom is -0.319 e. The van der Waals surface area contributed by atoms with Crippen LogP contribution in [0, 0.1) is 6.92 Å². The number of halogens is 4. The van der Waals surface area contributed by atoms with Gasteiger partial charge in [-0.2, -0.15) is 8.78 Å². The number of aryl methyl sites for hydroxylation is 1. The molecule has 0 radical (unpaired) electrons. The fourth-order valence-corrected chi connectivity index (χ4v) is 0.900. The van der Waals surface area contributed by atoms with Crippen molar-refractivity contribution in [2.45, 2.75) is 19.3 Å². The molecule has 16 heavy (non-hydrogen) atoms. The van der Waals surface area contributed by atoms with Gasteiger partial charge in [0, 0.05) is 6.20 Å². The molecular weight excluding hydrogens is 228 g/mol. The Labute approximate surface area is 88.5 Å². The molecule has 1 N–H and O–H groups in total. The largest absolute Gasteiger partial charge is 0.383 e. The average Bonchev–Trinajstić information content (AvgIpc) is 2.21. The van der Waals surface area contributed by atoms with Gasteiger partial charge in [-0.25, -0.2) is 8.78 Å². The zero-order valence-corrected chi connectivity index (χ0v) is 8.18. The van der Waals surface area contributed by atoms with Gasteiger partial charge in [0.05, 0.1) is 11.9 Å². The van der Waals surface area contributed by atoms with Gasteiger partial charge in [-0.05, 0) is 18.6 Å². The number of anilines is 1. The molecule has 0 saturated heterocycles. The first-order chi connectivity index (χ1) is 7.35. The molecule has 1 amide bonds. The van der Waals surface area contributed by atoms with Crippen LogP contribution >= 0.6 is 0 Å². The number of rotatable bonds is 3. The van der Waals surface area contributed by atoms with E-state index in [1.807, 2.05) is 0 Å². The zero-order valence-electron chi connectivity index (χ0n) is 8.18. The Morgan fingerprint density at radius 3 is 2.62 bits per heavy atom. The number of carbonyl (C=O) groups excluding carboxylic acids is 1. The molecule has 1 aromatic rings. The topological polar surface area (TPSA) is 42.0 Å². The standard InChI is InChI=1S/C9H8F4N2O/c1-5-2-3-14-4-6(5)15-8(16)9(12,13)7(10)11/h2-4,7H,1H3,(H,15,16). The summed E-state index contributed by atoms with van der Waals surface area (Å²) in [7, 11) is 0. The number of pyridine rings is 1. The van der Waals surface area contributed by atoms with Crippen molar-refractivity contribution in [2.75, 3.05) is 5.32 Å². The molecule has 0 aliphatic rings. The highest BCUT2D eigenvalue weighted by atomic mass is 19.3. The molecule has 88 valence electrons. The molecule has 7 heteroatoms. The zero-order chi connectivity index (χ0) is 12.3. The lowest BCUT2D eigenvalue weighted by atomic mass is 10.2. The van der Waals surface area contributed by atoms with E-state index in [9.17, 15) is 22.4 Å². The van der Waals surface area contributed by atoms with E-state index in [2.05, 4.69) is 4.98 Å². The van der Waals surface area contributed by atoms with Crippen molar-refractivity contribution in [1.82, 2.24) is 4.98 Å². The molecule has 0 fully saturated rings. The number of nitrogens with one attached hydrogen (secondary N) is 1. The third-order valence-electron chi connectivity index (χ3n) is 1.86. The van der Waals surface area contributed by atoms with Crippen LogP contribution in [0.5, 0.6) is 0 Å². The molecular formula is C9H8F4N2O. The Hall–Kier alpha value is -1.66. The number of aromatic nitrogens is 1. The Bertz CT molecular complexity index is 395. The highest BCUT2D eigenvalue weighted by Gasteiger charge is 2.49. The van der Waals surface area contributed by atoms with E-state index in [0.29, 0.717) is 5.56 Å². The molecule has 0 bridgehead atoms. The predicted octanol–water partition coefficient (Wildman–Crippen LogP) is 2.23. The van der Waals surface area contributed by atoms with E-state index < -0.39 is 18.3 Å². The van der Waals surface area contributed by atoms with Crippen LogP contribution in [0.3, 0.4) is 0 Å². The molecule has 0 unspecified atom stereocenters. The van der Waals surface area contributed by atoms with Crippen LogP contribution in [-0.4, -0.2) is 23.2 Å². The minimum absolute atomic E-state index is 0.0205. The summed E-state index contributed by atoms with van der Waals surface area (Å²) in [5.41, 5.74) is 0.432. The fourth-order valence-electron chi connectivity index (χ4n) is 0.900. The summed E-state index contributed by atoms with van der Waals surface area (Å²) in [5, 5.41) is 1.70. The Morgan fingerprint density at radius 1 is 1.50 bits per heavy atom. The molecule has 0 saturated carbocycles. The predicted molar refractivity (Wildman–Crippen MR) is 48.6 cm³/mol. The summed E-state index contributed by atoms with van der Waals surface area (Å²) in [5.74, 6) is -6.75. The average molecular weight is 236 g/mol. The van der Waals surface area contributed by atoms with Crippen molar-refractivity contribution in [2.24, 2.45) is 0 Å². The van der Waals surface area contributed by atoms with Gasteiger partial charge in [0.2, 0.25) is 0 Å². The maximum absolute atomic E-state index is 12.6. The molecule has 3 nitrogen and oxygen atoms in total. The Morgan fingerprint density at radius 2 is 2.12 bits per heavy atom. The monoisotopic (exact) mass is 236 g/mol. The van der Waals surface area contributed by atoms with E-state index >= 15 is 0 Å². The second-order valence-corrected chi connectivity index (χ2v) is 3.07. The van der Waals surface area contributed by atoms with Gasteiger partial charge in [0.1, 0.15) is 0 Å². The molecule has 0 spiro atoms. The van der Waals surface area contributed by atoms with Gasteiger partial charge in [-0.15, -0.1) is 0 Å². The van der Waals surface area contributed by atoms with E-state index in [0.717, 1.165) is 6.20 Å². The minimum atomic E-state index is -4.71. The van der Waals surface area contributed by atoms with Gasteiger partial charge in [0.15, 0.2) is 0 Å². The van der Waals surface area contributed by atoms with E-state index in [4.69, 9.17) is 0 Å². The van der Waals surface area contributed by atoms with Crippen LogP contribution in [0.4, 0.5) is 23.2 Å². The molecule has 1 aromatic heterocycles. The van der Waals surface area contributed by atoms with Crippen LogP contribution in [0.25, 0.3) is 0 Å². The molecule has 1 rings (SSSR count). The first kappa shape index (κ1) is 12.4. The van der Waals surface area contributed by atoms with Crippen LogP contribution in [0.1, 0.15) is 5.56 Å². The van der Waals surface area contributed by atoms with Crippen molar-refractivity contribution in [3.63, 3.8) is 0 Å². The number of carbonyl (C=O) groups is 1. The normalized spacial score (nSPS) is 11.6. The van der Waals surface area contributed by atoms with Crippen molar-refractivity contribution >= 4 is 11.6 Å². The quantitative estimate of drug-likeness (QED) is 0.817. The Balaban J connectivity index is 2.84. The third kappa shape index (κ3) is 2.47. The third-order valence-corrected chi connectivity index (χ3v) is 1.86. The van der Waals surface area contributed by atoms with Crippen LogP contribution in [0.2, 0.25) is 0 Å². The van der Waals surface area contributed by atoms with Gasteiger partial charge in [0.25, 0.3) is 0 Å². The van der Waals surface area contributed by atoms with Crippen molar-refractivity contribution in [1.29, 1.82) is 0 Å². The highest BCUT2D eigenvalue weighted by Crippen LogP contribution is 2.25. The van der Waals surface area contributed by atoms with Gasteiger partial charge >= 0.3 is 18.3 Å². The lowest BCUT2D eigenvalue weighted by Crippen LogP contribution is -2.41. The number of hydrogen-bond donors (Lipinski definition) is 1.